The van der Waals surface area contributed by atoms with Crippen LogP contribution >= 0.6 is 11.6 Å². The molecule has 0 fully saturated rings. The van der Waals surface area contributed by atoms with E-state index in [9.17, 15) is 0 Å². The largest absolute Gasteiger partial charge is 0.230 e. The zero-order chi connectivity index (χ0) is 8.55. The van der Waals surface area contributed by atoms with Gasteiger partial charge in [-0.25, -0.2) is 4.68 Å². The lowest BCUT2D eigenvalue weighted by Crippen LogP contribution is -1.93. The van der Waals surface area contributed by atoms with Gasteiger partial charge in [-0.3, -0.25) is 0 Å². The second-order valence-corrected chi connectivity index (χ2v) is 2.94. The van der Waals surface area contributed by atoms with Gasteiger partial charge in [0.05, 0.1) is 5.52 Å². The van der Waals surface area contributed by atoms with Crippen LogP contribution in [-0.2, 0) is 6.00 Å². The van der Waals surface area contributed by atoms with Crippen LogP contribution in [0.2, 0.25) is 0 Å². The minimum atomic E-state index is 0.347. The summed E-state index contributed by atoms with van der Waals surface area (Å²) in [6.45, 7) is 2.03. The van der Waals surface area contributed by atoms with Crippen molar-refractivity contribution in [1.82, 2.24) is 15.0 Å². The normalized spacial score (nSPS) is 10.8. The molecular weight excluding hydrogens is 174 g/mol. The van der Waals surface area contributed by atoms with E-state index in [1.807, 2.05) is 25.1 Å². The summed E-state index contributed by atoms with van der Waals surface area (Å²) >= 11 is 5.66. The molecule has 1 aromatic carbocycles. The minimum Gasteiger partial charge on any atom is -0.230 e. The van der Waals surface area contributed by atoms with E-state index in [4.69, 9.17) is 11.6 Å². The first-order valence-corrected chi connectivity index (χ1v) is 4.20. The number of halogens is 1. The Kier molecular flexibility index (Phi) is 1.73. The van der Waals surface area contributed by atoms with E-state index < -0.39 is 0 Å². The Bertz CT molecular complexity index is 408. The van der Waals surface area contributed by atoms with Crippen molar-refractivity contribution in [2.45, 2.75) is 12.9 Å². The number of nitrogens with zero attached hydrogens (tertiary/aromatic N) is 3. The van der Waals surface area contributed by atoms with Crippen molar-refractivity contribution >= 4 is 22.6 Å². The van der Waals surface area contributed by atoms with Crippen molar-refractivity contribution in [3.8, 4) is 0 Å². The number of aryl methyl sites for hydroxylation is 1. The summed E-state index contributed by atoms with van der Waals surface area (Å²) in [6.07, 6.45) is 0. The molecule has 4 heteroatoms. The van der Waals surface area contributed by atoms with Crippen molar-refractivity contribution in [3.05, 3.63) is 23.8 Å². The number of hydrogen-bond donors (Lipinski definition) is 0. The standard InChI is InChI=1S/C8H8ClN3/c1-6-2-3-7-8(4-6)12(5-9)11-10-7/h2-4H,5H2,1H3. The molecule has 1 heterocycles. The summed E-state index contributed by atoms with van der Waals surface area (Å²) in [4.78, 5) is 0. The maximum atomic E-state index is 5.66. The Morgan fingerprint density at radius 2 is 2.33 bits per heavy atom. The third-order valence-corrected chi connectivity index (χ3v) is 2.01. The maximum absolute atomic E-state index is 5.66. The van der Waals surface area contributed by atoms with E-state index >= 15 is 0 Å². The third-order valence-electron chi connectivity index (χ3n) is 1.78. The molecule has 0 amide bonds. The highest BCUT2D eigenvalue weighted by Gasteiger charge is 2.01. The second-order valence-electron chi connectivity index (χ2n) is 2.70. The third kappa shape index (κ3) is 1.06. The van der Waals surface area contributed by atoms with Gasteiger partial charge in [0.25, 0.3) is 0 Å². The van der Waals surface area contributed by atoms with Crippen molar-refractivity contribution in [3.63, 3.8) is 0 Å². The predicted octanol–water partition coefficient (Wildman–Crippen LogP) is 1.94. The van der Waals surface area contributed by atoms with Gasteiger partial charge in [0.15, 0.2) is 0 Å². The molecule has 2 aromatic rings. The molecule has 0 atom stereocenters. The van der Waals surface area contributed by atoms with E-state index in [2.05, 4.69) is 10.3 Å². The van der Waals surface area contributed by atoms with Gasteiger partial charge < -0.3 is 0 Å². The van der Waals surface area contributed by atoms with E-state index in [1.165, 1.54) is 5.56 Å². The van der Waals surface area contributed by atoms with Crippen molar-refractivity contribution in [1.29, 1.82) is 0 Å². The molecule has 0 bridgehead atoms. The summed E-state index contributed by atoms with van der Waals surface area (Å²) in [6, 6.07) is 6.33. The molecule has 0 saturated carbocycles. The van der Waals surface area contributed by atoms with Crippen molar-refractivity contribution in [2.75, 3.05) is 0 Å². The summed E-state index contributed by atoms with van der Waals surface area (Å²) in [7, 11) is 0. The lowest BCUT2D eigenvalue weighted by molar-refractivity contribution is 0.717. The van der Waals surface area contributed by atoms with Gasteiger partial charge in [-0.15, -0.1) is 16.7 Å². The quantitative estimate of drug-likeness (QED) is 0.630. The van der Waals surface area contributed by atoms with Crippen LogP contribution in [0, 0.1) is 6.92 Å². The number of benzene rings is 1. The highest BCUT2D eigenvalue weighted by Crippen LogP contribution is 2.12. The van der Waals surface area contributed by atoms with Gasteiger partial charge in [-0.05, 0) is 24.6 Å². The molecule has 0 aliphatic heterocycles. The highest BCUT2D eigenvalue weighted by atomic mass is 35.5. The zero-order valence-electron chi connectivity index (χ0n) is 6.66. The van der Waals surface area contributed by atoms with E-state index in [-0.39, 0.29) is 0 Å². The number of rotatable bonds is 1. The lowest BCUT2D eigenvalue weighted by atomic mass is 10.2. The van der Waals surface area contributed by atoms with E-state index in [0.717, 1.165) is 11.0 Å². The van der Waals surface area contributed by atoms with Crippen LogP contribution in [-0.4, -0.2) is 15.0 Å². The zero-order valence-corrected chi connectivity index (χ0v) is 7.41. The number of alkyl halides is 1. The Morgan fingerprint density at radius 3 is 3.08 bits per heavy atom. The molecule has 3 nitrogen and oxygen atoms in total. The van der Waals surface area contributed by atoms with E-state index in [0.29, 0.717) is 6.00 Å². The summed E-state index contributed by atoms with van der Waals surface area (Å²) in [5.74, 6) is 0. The molecule has 0 aliphatic carbocycles. The Labute approximate surface area is 74.9 Å². The van der Waals surface area contributed by atoms with Crippen molar-refractivity contribution < 1.29 is 0 Å². The molecule has 62 valence electrons. The topological polar surface area (TPSA) is 30.7 Å². The van der Waals surface area contributed by atoms with Crippen LogP contribution in [0.25, 0.3) is 11.0 Å². The molecule has 2 rings (SSSR count). The minimum absolute atomic E-state index is 0.347. The van der Waals surface area contributed by atoms with Gasteiger partial charge in [0.1, 0.15) is 11.5 Å². The highest BCUT2D eigenvalue weighted by molar-refractivity contribution is 6.15. The Balaban J connectivity index is 2.75. The van der Waals surface area contributed by atoms with Gasteiger partial charge in [-0.1, -0.05) is 11.3 Å². The SMILES string of the molecule is Cc1ccc2nnn(CCl)c2c1. The van der Waals surface area contributed by atoms with Crippen LogP contribution in [0.3, 0.4) is 0 Å². The first kappa shape index (κ1) is 7.55. The van der Waals surface area contributed by atoms with Crippen LogP contribution in [0.1, 0.15) is 5.56 Å². The van der Waals surface area contributed by atoms with E-state index in [1.54, 1.807) is 4.68 Å². The van der Waals surface area contributed by atoms with Crippen LogP contribution in [0.4, 0.5) is 0 Å². The smallest absolute Gasteiger partial charge is 0.117 e. The fraction of sp³-hybridized carbons (Fsp3) is 0.250. The molecular formula is C8H8ClN3. The average Bonchev–Trinajstić information content (AvgIpc) is 2.46. The van der Waals surface area contributed by atoms with Gasteiger partial charge >= 0.3 is 0 Å². The lowest BCUT2D eigenvalue weighted by Gasteiger charge is -1.95. The molecule has 0 saturated heterocycles. The first-order valence-electron chi connectivity index (χ1n) is 3.67. The first-order chi connectivity index (χ1) is 5.81. The summed E-state index contributed by atoms with van der Waals surface area (Å²) in [5, 5.41) is 7.85. The van der Waals surface area contributed by atoms with Crippen LogP contribution < -0.4 is 0 Å². The maximum Gasteiger partial charge on any atom is 0.117 e. The molecule has 12 heavy (non-hydrogen) atoms. The van der Waals surface area contributed by atoms with Crippen LogP contribution in [0.5, 0.6) is 0 Å². The second kappa shape index (κ2) is 2.75. The van der Waals surface area contributed by atoms with Crippen LogP contribution in [0.15, 0.2) is 18.2 Å². The Hall–Kier alpha value is -1.09. The fourth-order valence-corrected chi connectivity index (χ4v) is 1.34. The summed E-state index contributed by atoms with van der Waals surface area (Å²) in [5.41, 5.74) is 3.07. The molecule has 0 N–H and O–H groups in total. The van der Waals surface area contributed by atoms with Crippen molar-refractivity contribution in [2.24, 2.45) is 0 Å². The molecule has 0 spiro atoms. The Morgan fingerprint density at radius 1 is 1.50 bits per heavy atom. The van der Waals surface area contributed by atoms with Gasteiger partial charge in [0, 0.05) is 0 Å². The number of hydrogen-bond acceptors (Lipinski definition) is 2. The number of aromatic nitrogens is 3. The summed E-state index contributed by atoms with van der Waals surface area (Å²) < 4.78 is 1.67. The molecule has 0 unspecified atom stereocenters. The molecule has 0 aliphatic rings. The molecule has 0 radical (unpaired) electrons. The average molecular weight is 182 g/mol. The fourth-order valence-electron chi connectivity index (χ4n) is 1.16. The molecule has 1 aromatic heterocycles. The number of fused-ring (bicyclic) bond motifs is 1. The van der Waals surface area contributed by atoms with Gasteiger partial charge in [0.2, 0.25) is 0 Å². The predicted molar refractivity (Wildman–Crippen MR) is 48.1 cm³/mol. The monoisotopic (exact) mass is 181 g/mol. The van der Waals surface area contributed by atoms with Gasteiger partial charge in [-0.2, -0.15) is 0 Å².